The van der Waals surface area contributed by atoms with Crippen molar-refractivity contribution in [2.45, 2.75) is 33.6 Å². The summed E-state index contributed by atoms with van der Waals surface area (Å²) in [4.78, 5) is 0. The van der Waals surface area contributed by atoms with Gasteiger partial charge in [-0.25, -0.2) is 0 Å². The van der Waals surface area contributed by atoms with Crippen LogP contribution in [0.3, 0.4) is 0 Å². The van der Waals surface area contributed by atoms with Crippen LogP contribution in [0, 0.1) is 5.41 Å². The van der Waals surface area contributed by atoms with Gasteiger partial charge in [0.25, 0.3) is 0 Å². The molecule has 1 aliphatic carbocycles. The number of nitrogens with one attached hydrogen (secondary N) is 1. The molecule has 1 N–H and O–H groups in total. The molecule has 0 radical (unpaired) electrons. The number of allylic oxidation sites excluding steroid dienone is 13. The van der Waals surface area contributed by atoms with Crippen LogP contribution >= 0.6 is 0 Å². The zero-order valence-corrected chi connectivity index (χ0v) is 32.0. The molecule has 6 aromatic carbocycles. The van der Waals surface area contributed by atoms with E-state index in [1.54, 1.807) is 6.08 Å². The van der Waals surface area contributed by atoms with E-state index in [4.69, 9.17) is 5.41 Å². The normalized spacial score (nSPS) is 17.3. The second-order valence-corrected chi connectivity index (χ2v) is 13.9. The van der Waals surface area contributed by atoms with Gasteiger partial charge in [0.2, 0.25) is 0 Å². The Morgan fingerprint density at radius 1 is 0.582 bits per heavy atom. The van der Waals surface area contributed by atoms with Crippen molar-refractivity contribution in [2.75, 3.05) is 0 Å². The third-order valence-electron chi connectivity index (χ3n) is 10.5. The van der Waals surface area contributed by atoms with E-state index in [0.717, 1.165) is 40.7 Å². The van der Waals surface area contributed by atoms with Gasteiger partial charge in [-0.3, -0.25) is 0 Å². The Bertz CT molecular complexity index is 2740. The lowest BCUT2D eigenvalue weighted by atomic mass is 9.89. The van der Waals surface area contributed by atoms with Gasteiger partial charge in [-0.2, -0.15) is 0 Å². The Kier molecular flexibility index (Phi) is 11.4. The molecule has 0 atom stereocenters. The smallest absolute Gasteiger partial charge is 0.0611 e. The lowest BCUT2D eigenvalue weighted by Gasteiger charge is -2.15. The second-order valence-electron chi connectivity index (χ2n) is 13.9. The van der Waals surface area contributed by atoms with E-state index >= 15 is 0 Å². The van der Waals surface area contributed by atoms with Crippen LogP contribution in [-0.2, 0) is 0 Å². The Morgan fingerprint density at radius 2 is 1.13 bits per heavy atom. The molecule has 0 aromatic heterocycles. The lowest BCUT2D eigenvalue weighted by molar-refractivity contribution is 1.28. The topological polar surface area (TPSA) is 23.9 Å². The first kappa shape index (κ1) is 36.8. The Morgan fingerprint density at radius 3 is 1.69 bits per heavy atom. The standard InChI is InChI=1S/C54H47N/c1-5-8-22-49(38(4)48(7-3)54(55)17-6-2)42-29-25-41(26-30-42)45-33-34-52-50(46-31-27-39-18-13-15-20-43(39)35-46)23-11-9-10-12-24-51(53(52)37-45)47-32-28-40-19-14-16-21-44(40)36-47/h5-22,25-37,55H,3,23-24H2,1-2,4H3/b8-5-,11-9-,12-10-,17-6-,48-38+,49-22+,52-50+,53-51+,55-54?. The van der Waals surface area contributed by atoms with E-state index in [2.05, 4.69) is 177 Å². The average molecular weight is 710 g/mol. The van der Waals surface area contributed by atoms with Crippen molar-refractivity contribution in [2.24, 2.45) is 0 Å². The third kappa shape index (κ3) is 8.03. The van der Waals surface area contributed by atoms with Gasteiger partial charge in [0, 0.05) is 5.57 Å². The number of fused-ring (bicyclic) bond motifs is 3. The molecule has 6 aromatic rings. The molecule has 0 spiro atoms. The largest absolute Gasteiger partial charge is 0.300 e. The monoisotopic (exact) mass is 709 g/mol. The summed E-state index contributed by atoms with van der Waals surface area (Å²) in [5.74, 6) is 0. The zero-order valence-electron chi connectivity index (χ0n) is 32.0. The van der Waals surface area contributed by atoms with E-state index in [0.29, 0.717) is 5.71 Å². The highest BCUT2D eigenvalue weighted by Gasteiger charge is 2.13. The van der Waals surface area contributed by atoms with Crippen molar-refractivity contribution >= 4 is 44.0 Å². The molecule has 1 heteroatoms. The predicted octanol–water partition coefficient (Wildman–Crippen LogP) is 13.0. The molecule has 0 amide bonds. The van der Waals surface area contributed by atoms with Gasteiger partial charge in [-0.15, -0.1) is 0 Å². The lowest BCUT2D eigenvalue weighted by Crippen LogP contribution is -2.30. The predicted molar refractivity (Wildman–Crippen MR) is 240 cm³/mol. The molecule has 7 rings (SSSR count). The summed E-state index contributed by atoms with van der Waals surface area (Å²) in [7, 11) is 0. The Hall–Kier alpha value is -6.57. The fourth-order valence-corrected chi connectivity index (χ4v) is 7.63. The van der Waals surface area contributed by atoms with Crippen molar-refractivity contribution in [1.29, 1.82) is 5.41 Å². The number of benzene rings is 6. The van der Waals surface area contributed by atoms with Crippen molar-refractivity contribution in [3.05, 3.63) is 233 Å². The highest BCUT2D eigenvalue weighted by atomic mass is 14.4. The van der Waals surface area contributed by atoms with E-state index in [-0.39, 0.29) is 0 Å². The minimum atomic E-state index is 0.453. The maximum absolute atomic E-state index is 8.64. The maximum atomic E-state index is 8.64. The SMILES string of the molecule is C=C\C(C(=N)/C=C\C)=C(C)/C(=C\C=C/C)c1ccc(-c2ccc3/c(c2)=C(/c2ccc4ccccc4c2)C/C=C\C=C/C\C=3c2ccc3ccccc3c2)cc1. The molecule has 0 heterocycles. The molecule has 0 saturated carbocycles. The Labute approximate surface area is 325 Å². The highest BCUT2D eigenvalue weighted by Crippen LogP contribution is 2.30. The molecule has 0 saturated heterocycles. The van der Waals surface area contributed by atoms with E-state index < -0.39 is 0 Å². The number of rotatable bonds is 9. The van der Waals surface area contributed by atoms with Crippen LogP contribution in [0.5, 0.6) is 0 Å². The second kappa shape index (κ2) is 17.1. The Balaban J connectivity index is 1.45. The van der Waals surface area contributed by atoms with Crippen LogP contribution < -0.4 is 10.4 Å². The summed E-state index contributed by atoms with van der Waals surface area (Å²) in [6, 6.07) is 46.9. The summed E-state index contributed by atoms with van der Waals surface area (Å²) in [5.41, 5.74) is 11.9. The van der Waals surface area contributed by atoms with Gasteiger partial charge in [0.15, 0.2) is 0 Å². The molecule has 1 aliphatic rings. The van der Waals surface area contributed by atoms with Crippen LogP contribution in [0.25, 0.3) is 49.4 Å². The number of hydrogen-bond donors (Lipinski definition) is 1. The van der Waals surface area contributed by atoms with Gasteiger partial charge in [0.1, 0.15) is 0 Å². The fourth-order valence-electron chi connectivity index (χ4n) is 7.63. The zero-order chi connectivity index (χ0) is 38.1. The summed E-state index contributed by atoms with van der Waals surface area (Å²) in [5, 5.41) is 16.1. The van der Waals surface area contributed by atoms with E-state index in [1.165, 1.54) is 59.8 Å². The van der Waals surface area contributed by atoms with Crippen molar-refractivity contribution < 1.29 is 0 Å². The molecule has 268 valence electrons. The molecular formula is C54H47N. The van der Waals surface area contributed by atoms with E-state index in [1.807, 2.05) is 32.1 Å². The first-order valence-corrected chi connectivity index (χ1v) is 19.1. The molecule has 55 heavy (non-hydrogen) atoms. The van der Waals surface area contributed by atoms with Crippen LogP contribution in [-0.4, -0.2) is 5.71 Å². The molecule has 0 unspecified atom stereocenters. The van der Waals surface area contributed by atoms with Gasteiger partial charge >= 0.3 is 0 Å². The maximum Gasteiger partial charge on any atom is 0.0611 e. The van der Waals surface area contributed by atoms with Crippen molar-refractivity contribution in [1.82, 2.24) is 0 Å². The molecular weight excluding hydrogens is 663 g/mol. The van der Waals surface area contributed by atoms with E-state index in [9.17, 15) is 0 Å². The molecule has 0 aliphatic heterocycles. The average Bonchev–Trinajstić information content (AvgIpc) is 3.22. The van der Waals surface area contributed by atoms with Gasteiger partial charge in [0.05, 0.1) is 5.71 Å². The quantitative estimate of drug-likeness (QED) is 0.114. The minimum Gasteiger partial charge on any atom is -0.300 e. The summed E-state index contributed by atoms with van der Waals surface area (Å²) in [6.07, 6.45) is 22.3. The first-order valence-electron chi connectivity index (χ1n) is 19.1. The van der Waals surface area contributed by atoms with Gasteiger partial charge in [-0.05, 0) is 140 Å². The fraction of sp³-hybridized carbons (Fsp3) is 0.0926. The van der Waals surface area contributed by atoms with Crippen LogP contribution in [0.4, 0.5) is 0 Å². The first-order chi connectivity index (χ1) is 27.0. The highest BCUT2D eigenvalue weighted by molar-refractivity contribution is 6.10. The van der Waals surface area contributed by atoms with Crippen LogP contribution in [0.1, 0.15) is 50.3 Å². The molecule has 0 bridgehead atoms. The summed E-state index contributed by atoms with van der Waals surface area (Å²) in [6.45, 7) is 10.1. The van der Waals surface area contributed by atoms with Gasteiger partial charge in [-0.1, -0.05) is 170 Å². The molecule has 1 nitrogen and oxygen atoms in total. The third-order valence-corrected chi connectivity index (χ3v) is 10.5. The van der Waals surface area contributed by atoms with Gasteiger partial charge < -0.3 is 5.41 Å². The number of hydrogen-bond acceptors (Lipinski definition) is 1. The molecule has 0 fully saturated rings. The minimum absolute atomic E-state index is 0.453. The van der Waals surface area contributed by atoms with Crippen molar-refractivity contribution in [3.8, 4) is 11.1 Å². The summed E-state index contributed by atoms with van der Waals surface area (Å²) >= 11 is 0. The summed E-state index contributed by atoms with van der Waals surface area (Å²) < 4.78 is 0. The van der Waals surface area contributed by atoms with Crippen molar-refractivity contribution in [3.63, 3.8) is 0 Å². The van der Waals surface area contributed by atoms with Crippen LogP contribution in [0.15, 0.2) is 206 Å². The van der Waals surface area contributed by atoms with Crippen LogP contribution in [0.2, 0.25) is 0 Å².